The number of anilines is 3. The number of carbonyl (C=O) groups is 1. The van der Waals surface area contributed by atoms with Crippen LogP contribution in [0.5, 0.6) is 0 Å². The summed E-state index contributed by atoms with van der Waals surface area (Å²) in [5.74, 6) is 0.0217. The number of rotatable bonds is 5. The molecule has 11 heteroatoms. The third-order valence-electron chi connectivity index (χ3n) is 8.35. The number of aryl methyl sites for hydroxylation is 1. The molecule has 10 nitrogen and oxygen atoms in total. The molecule has 0 radical (unpaired) electrons. The second kappa shape index (κ2) is 10.2. The van der Waals surface area contributed by atoms with E-state index in [4.69, 9.17) is 10.2 Å². The molecule has 0 spiro atoms. The number of carbonyl (C=O) groups excluding carboxylic acids is 1. The summed E-state index contributed by atoms with van der Waals surface area (Å²) in [6.45, 7) is 4.05. The normalized spacial score (nSPS) is 20.0. The average Bonchev–Trinajstić information content (AvgIpc) is 3.56. The molecular weight excluding hydrogens is 523 g/mol. The van der Waals surface area contributed by atoms with Gasteiger partial charge < -0.3 is 25.4 Å². The summed E-state index contributed by atoms with van der Waals surface area (Å²) in [7, 11) is 0. The summed E-state index contributed by atoms with van der Waals surface area (Å²) >= 11 is 0. The van der Waals surface area contributed by atoms with Crippen molar-refractivity contribution in [2.24, 2.45) is 0 Å². The number of nitrogens with one attached hydrogen (secondary N) is 2. The van der Waals surface area contributed by atoms with Gasteiger partial charge in [0.15, 0.2) is 5.58 Å². The van der Waals surface area contributed by atoms with E-state index in [9.17, 15) is 4.79 Å². The van der Waals surface area contributed by atoms with Crippen LogP contribution in [-0.4, -0.2) is 56.0 Å². The van der Waals surface area contributed by atoms with Crippen molar-refractivity contribution in [1.29, 1.82) is 0 Å². The molecule has 1 aliphatic heterocycles. The van der Waals surface area contributed by atoms with E-state index in [0.29, 0.717) is 41.6 Å². The first-order chi connectivity index (χ1) is 19.9. The van der Waals surface area contributed by atoms with E-state index in [-0.39, 0.29) is 23.7 Å². The summed E-state index contributed by atoms with van der Waals surface area (Å²) in [6.07, 6.45) is 7.41. The molecule has 2 aliphatic rings. The summed E-state index contributed by atoms with van der Waals surface area (Å²) in [5, 5.41) is 6.59. The second-order valence-electron chi connectivity index (χ2n) is 11.0. The van der Waals surface area contributed by atoms with E-state index in [1.807, 2.05) is 37.4 Å². The Morgan fingerprint density at radius 1 is 1.10 bits per heavy atom. The minimum Gasteiger partial charge on any atom is -0.423 e. The molecule has 210 valence electrons. The minimum atomic E-state index is -0.441. The smallest absolute Gasteiger partial charge is 0.300 e. The van der Waals surface area contributed by atoms with Crippen LogP contribution in [-0.2, 0) is 4.79 Å². The Labute approximate surface area is 235 Å². The third-order valence-corrected chi connectivity index (χ3v) is 8.35. The van der Waals surface area contributed by atoms with Gasteiger partial charge in [-0.2, -0.15) is 4.98 Å². The molecule has 0 unspecified atom stereocenters. The van der Waals surface area contributed by atoms with Crippen LogP contribution in [0.15, 0.2) is 53.3 Å². The summed E-state index contributed by atoms with van der Waals surface area (Å²) in [5.41, 5.74) is 11.2. The molecule has 3 aromatic heterocycles. The number of nitrogens with zero attached hydrogens (tertiary/aromatic N) is 5. The number of fused-ring (bicyclic) bond motifs is 2. The molecule has 1 saturated carbocycles. The van der Waals surface area contributed by atoms with Crippen LogP contribution < -0.4 is 16.4 Å². The average molecular weight is 555 g/mol. The second-order valence-corrected chi connectivity index (χ2v) is 11.0. The Bertz CT molecular complexity index is 1770. The van der Waals surface area contributed by atoms with Crippen molar-refractivity contribution in [3.63, 3.8) is 0 Å². The molecule has 2 fully saturated rings. The zero-order valence-electron chi connectivity index (χ0n) is 22.7. The summed E-state index contributed by atoms with van der Waals surface area (Å²) in [4.78, 5) is 27.4. The maximum absolute atomic E-state index is 15.4. The van der Waals surface area contributed by atoms with Gasteiger partial charge in [0.1, 0.15) is 29.1 Å². The largest absolute Gasteiger partial charge is 0.423 e. The lowest BCUT2D eigenvalue weighted by Gasteiger charge is -2.38. The molecule has 2 aromatic carbocycles. The number of nitrogens with two attached hydrogens (primary N) is 1. The molecule has 0 atom stereocenters. The van der Waals surface area contributed by atoms with Gasteiger partial charge in [-0.3, -0.25) is 9.69 Å². The fourth-order valence-electron chi connectivity index (χ4n) is 6.27. The van der Waals surface area contributed by atoms with Gasteiger partial charge in [-0.25, -0.2) is 14.4 Å². The van der Waals surface area contributed by atoms with Gasteiger partial charge in [0.05, 0.1) is 17.6 Å². The molecule has 41 heavy (non-hydrogen) atoms. The van der Waals surface area contributed by atoms with Crippen molar-refractivity contribution in [3.05, 3.63) is 60.3 Å². The Morgan fingerprint density at radius 3 is 2.73 bits per heavy atom. The lowest BCUT2D eigenvalue weighted by molar-refractivity contribution is -0.125. The number of amides is 1. The van der Waals surface area contributed by atoms with Crippen molar-refractivity contribution in [2.45, 2.75) is 44.7 Å². The maximum Gasteiger partial charge on any atom is 0.300 e. The van der Waals surface area contributed by atoms with Crippen LogP contribution in [0.1, 0.15) is 37.3 Å². The highest BCUT2D eigenvalue weighted by molar-refractivity contribution is 6.00. The lowest BCUT2D eigenvalue weighted by atomic mass is 9.89. The molecule has 1 saturated heterocycles. The fraction of sp³-hybridized carbons (Fsp3) is 0.333. The molecule has 0 bridgehead atoms. The number of hydrogen-bond donors (Lipinski definition) is 3. The summed E-state index contributed by atoms with van der Waals surface area (Å²) in [6, 6.07) is 11.6. The zero-order valence-corrected chi connectivity index (χ0v) is 22.7. The van der Waals surface area contributed by atoms with Crippen molar-refractivity contribution >= 4 is 45.6 Å². The van der Waals surface area contributed by atoms with Crippen LogP contribution in [0.2, 0.25) is 0 Å². The van der Waals surface area contributed by atoms with Crippen LogP contribution in [0.3, 0.4) is 0 Å². The number of oxazole rings is 1. The van der Waals surface area contributed by atoms with Crippen LogP contribution in [0.25, 0.3) is 33.3 Å². The third kappa shape index (κ3) is 4.76. The summed E-state index contributed by atoms with van der Waals surface area (Å²) < 4.78 is 23.3. The first kappa shape index (κ1) is 25.5. The predicted octanol–water partition coefficient (Wildman–Crippen LogP) is 4.93. The number of piperazine rings is 1. The highest BCUT2D eigenvalue weighted by Crippen LogP contribution is 2.39. The Morgan fingerprint density at radius 2 is 1.93 bits per heavy atom. The van der Waals surface area contributed by atoms with Crippen LogP contribution >= 0.6 is 0 Å². The van der Waals surface area contributed by atoms with Gasteiger partial charge in [0.25, 0.3) is 6.01 Å². The van der Waals surface area contributed by atoms with Crippen LogP contribution in [0.4, 0.5) is 21.9 Å². The zero-order chi connectivity index (χ0) is 28.1. The van der Waals surface area contributed by atoms with E-state index >= 15 is 4.39 Å². The van der Waals surface area contributed by atoms with Gasteiger partial charge in [-0.1, -0.05) is 12.1 Å². The SMILES string of the molecule is Cc1ccc2oc(Nc3ccc(-c4cn(C5CCC(N6CCNC(=O)C6)CC5)c5ncnc(N)c45)cc3F)nc2c1. The molecule has 7 rings (SSSR count). The number of halogens is 1. The van der Waals surface area contributed by atoms with Crippen molar-refractivity contribution in [1.82, 2.24) is 29.7 Å². The maximum atomic E-state index is 15.4. The van der Waals surface area contributed by atoms with Crippen LogP contribution in [0, 0.1) is 12.7 Å². The highest BCUT2D eigenvalue weighted by Gasteiger charge is 2.30. The number of nitrogen functional groups attached to an aromatic ring is 1. The lowest BCUT2D eigenvalue weighted by Crippen LogP contribution is -2.52. The van der Waals surface area contributed by atoms with Gasteiger partial charge >= 0.3 is 0 Å². The first-order valence-corrected chi connectivity index (χ1v) is 14.0. The molecule has 4 N–H and O–H groups in total. The Balaban J connectivity index is 1.15. The van der Waals surface area contributed by atoms with E-state index < -0.39 is 5.82 Å². The molecule has 1 aliphatic carbocycles. The molecule has 1 amide bonds. The Hall–Kier alpha value is -4.51. The van der Waals surface area contributed by atoms with Gasteiger partial charge in [-0.15, -0.1) is 0 Å². The topological polar surface area (TPSA) is 127 Å². The standard InChI is InChI=1S/C30H31FN8O2/c1-17-2-9-25-24(12-17)37-30(41-25)36-23-8-3-18(13-22(23)31)21-14-39(29-27(21)28(32)34-16-35-29)20-6-4-19(5-7-20)38-11-10-33-26(40)15-38/h2-3,8-9,12-14,16,19-20H,4-7,10-11,15H2,1H3,(H,33,40)(H,36,37)(H2,32,34,35). The van der Waals surface area contributed by atoms with Crippen molar-refractivity contribution in [3.8, 4) is 11.1 Å². The Kier molecular flexibility index (Phi) is 6.30. The predicted molar refractivity (Wildman–Crippen MR) is 155 cm³/mol. The first-order valence-electron chi connectivity index (χ1n) is 14.0. The van der Waals surface area contributed by atoms with E-state index in [1.165, 1.54) is 12.4 Å². The van der Waals surface area contributed by atoms with E-state index in [2.05, 4.69) is 35.1 Å². The fourth-order valence-corrected chi connectivity index (χ4v) is 6.27. The quantitative estimate of drug-likeness (QED) is 0.279. The number of hydrogen-bond acceptors (Lipinski definition) is 8. The van der Waals surface area contributed by atoms with Crippen molar-refractivity contribution < 1.29 is 13.6 Å². The van der Waals surface area contributed by atoms with Gasteiger partial charge in [0, 0.05) is 36.9 Å². The van der Waals surface area contributed by atoms with Gasteiger partial charge in [0.2, 0.25) is 5.91 Å². The number of benzene rings is 2. The number of aromatic nitrogens is 4. The van der Waals surface area contributed by atoms with E-state index in [1.54, 1.807) is 6.07 Å². The molecular formula is C30H31FN8O2. The van der Waals surface area contributed by atoms with Gasteiger partial charge in [-0.05, 0) is 68.0 Å². The van der Waals surface area contributed by atoms with E-state index in [0.717, 1.165) is 54.4 Å². The highest BCUT2D eigenvalue weighted by atomic mass is 19.1. The molecule has 4 heterocycles. The minimum absolute atomic E-state index is 0.101. The molecule has 5 aromatic rings. The monoisotopic (exact) mass is 554 g/mol. The van der Waals surface area contributed by atoms with Crippen molar-refractivity contribution in [2.75, 3.05) is 30.7 Å².